The molecule has 0 saturated carbocycles. The van der Waals surface area contributed by atoms with Gasteiger partial charge >= 0.3 is 5.97 Å². The van der Waals surface area contributed by atoms with E-state index in [1.807, 2.05) is 19.1 Å². The number of carboxylic acids is 1. The van der Waals surface area contributed by atoms with Crippen molar-refractivity contribution >= 4 is 17.6 Å². The molecule has 0 fully saturated rings. The Morgan fingerprint density at radius 1 is 1.57 bits per heavy atom. The minimum atomic E-state index is -0.961. The van der Waals surface area contributed by atoms with Crippen LogP contribution in [0.4, 0.5) is 0 Å². The number of aryl methyl sites for hydroxylation is 1. The molecule has 1 aromatic carbocycles. The summed E-state index contributed by atoms with van der Waals surface area (Å²) in [5.74, 6) is -0.961. The molecule has 3 nitrogen and oxygen atoms in total. The Balaban J connectivity index is 2.55. The van der Waals surface area contributed by atoms with E-state index in [2.05, 4.69) is 0 Å². The monoisotopic (exact) mass is 214 g/mol. The first-order valence-corrected chi connectivity index (χ1v) is 4.52. The lowest BCUT2D eigenvalue weighted by Gasteiger charge is -2.05. The van der Waals surface area contributed by atoms with Gasteiger partial charge in [-0.25, -0.2) is 4.79 Å². The first kappa shape index (κ1) is 11.0. The maximum atomic E-state index is 10.2. The highest BCUT2D eigenvalue weighted by molar-refractivity contribution is 6.30. The van der Waals surface area contributed by atoms with E-state index in [0.29, 0.717) is 11.6 Å². The molecule has 0 radical (unpaired) electrons. The third-order valence-corrected chi connectivity index (χ3v) is 2.02. The summed E-state index contributed by atoms with van der Waals surface area (Å²) in [4.78, 5) is 10.2. The topological polar surface area (TPSA) is 46.5 Å². The van der Waals surface area contributed by atoms with Crippen molar-refractivity contribution in [2.45, 2.75) is 13.5 Å². The number of aliphatic carboxylic acids is 1. The van der Waals surface area contributed by atoms with E-state index in [9.17, 15) is 4.79 Å². The number of carbonyl (C=O) groups is 1. The SMILES string of the molecule is Cc1cc(Cl)ccc1COCC(=O)O. The van der Waals surface area contributed by atoms with Crippen molar-refractivity contribution in [3.05, 3.63) is 34.3 Å². The van der Waals surface area contributed by atoms with E-state index in [-0.39, 0.29) is 6.61 Å². The fourth-order valence-electron chi connectivity index (χ4n) is 1.07. The van der Waals surface area contributed by atoms with E-state index in [1.54, 1.807) is 6.07 Å². The van der Waals surface area contributed by atoms with Crippen LogP contribution in [0.2, 0.25) is 5.02 Å². The molecule has 0 spiro atoms. The molecule has 4 heteroatoms. The van der Waals surface area contributed by atoms with E-state index in [4.69, 9.17) is 21.4 Å². The molecule has 1 rings (SSSR count). The maximum absolute atomic E-state index is 10.2. The zero-order chi connectivity index (χ0) is 10.6. The summed E-state index contributed by atoms with van der Waals surface area (Å²) in [6.45, 7) is 1.93. The lowest BCUT2D eigenvalue weighted by molar-refractivity contribution is -0.142. The molecule has 0 saturated heterocycles. The number of rotatable bonds is 4. The van der Waals surface area contributed by atoms with E-state index >= 15 is 0 Å². The van der Waals surface area contributed by atoms with Crippen LogP contribution in [0.25, 0.3) is 0 Å². The van der Waals surface area contributed by atoms with Crippen molar-refractivity contribution in [3.8, 4) is 0 Å². The highest BCUT2D eigenvalue weighted by Gasteiger charge is 2.01. The molecular formula is C10H11ClO3. The third-order valence-electron chi connectivity index (χ3n) is 1.79. The number of benzene rings is 1. The van der Waals surface area contributed by atoms with E-state index in [1.165, 1.54) is 0 Å². The van der Waals surface area contributed by atoms with E-state index < -0.39 is 5.97 Å². The second-order valence-corrected chi connectivity index (χ2v) is 3.39. The van der Waals surface area contributed by atoms with Crippen LogP contribution >= 0.6 is 11.6 Å². The van der Waals surface area contributed by atoms with Crippen molar-refractivity contribution in [2.24, 2.45) is 0 Å². The Hall–Kier alpha value is -1.06. The van der Waals surface area contributed by atoms with Gasteiger partial charge in [-0.3, -0.25) is 0 Å². The van der Waals surface area contributed by atoms with Crippen molar-refractivity contribution in [1.82, 2.24) is 0 Å². The Kier molecular flexibility index (Phi) is 3.92. The minimum absolute atomic E-state index is 0.276. The first-order chi connectivity index (χ1) is 6.59. The maximum Gasteiger partial charge on any atom is 0.329 e. The summed E-state index contributed by atoms with van der Waals surface area (Å²) in [7, 11) is 0. The Morgan fingerprint density at radius 3 is 2.86 bits per heavy atom. The molecule has 76 valence electrons. The van der Waals surface area contributed by atoms with Crippen molar-refractivity contribution in [1.29, 1.82) is 0 Å². The van der Waals surface area contributed by atoms with Crippen molar-refractivity contribution < 1.29 is 14.6 Å². The molecule has 0 unspecified atom stereocenters. The number of halogens is 1. The summed E-state index contributed by atoms with van der Waals surface area (Å²) in [5.41, 5.74) is 1.96. The van der Waals surface area contributed by atoms with Gasteiger partial charge < -0.3 is 9.84 Å². The molecule has 0 aromatic heterocycles. The predicted molar refractivity (Wildman–Crippen MR) is 53.5 cm³/mol. The molecule has 1 aromatic rings. The van der Waals surface area contributed by atoms with Gasteiger partial charge in [0.05, 0.1) is 6.61 Å². The Morgan fingerprint density at radius 2 is 2.29 bits per heavy atom. The Bertz CT molecular complexity index is 336. The summed E-state index contributed by atoms with van der Waals surface area (Å²) in [6.07, 6.45) is 0. The van der Waals surface area contributed by atoms with Gasteiger partial charge in [-0.15, -0.1) is 0 Å². The van der Waals surface area contributed by atoms with E-state index in [0.717, 1.165) is 11.1 Å². The quantitative estimate of drug-likeness (QED) is 0.836. The second kappa shape index (κ2) is 4.98. The van der Waals surface area contributed by atoms with Crippen LogP contribution in [0.15, 0.2) is 18.2 Å². The molecule has 1 N–H and O–H groups in total. The van der Waals surface area contributed by atoms with Gasteiger partial charge in [0.25, 0.3) is 0 Å². The van der Waals surface area contributed by atoms with Crippen LogP contribution in [-0.2, 0) is 16.1 Å². The average molecular weight is 215 g/mol. The fourth-order valence-corrected chi connectivity index (χ4v) is 1.30. The standard InChI is InChI=1S/C10H11ClO3/c1-7-4-9(11)3-2-8(7)5-14-6-10(12)13/h2-4H,5-6H2,1H3,(H,12,13). The average Bonchev–Trinajstić information content (AvgIpc) is 2.08. The van der Waals surface area contributed by atoms with Gasteiger partial charge in [-0.1, -0.05) is 17.7 Å². The fraction of sp³-hybridized carbons (Fsp3) is 0.300. The van der Waals surface area contributed by atoms with Crippen LogP contribution < -0.4 is 0 Å². The van der Waals surface area contributed by atoms with Gasteiger partial charge in [0, 0.05) is 5.02 Å². The van der Waals surface area contributed by atoms with Crippen LogP contribution in [0, 0.1) is 6.92 Å². The lowest BCUT2D eigenvalue weighted by Crippen LogP contribution is -2.07. The lowest BCUT2D eigenvalue weighted by atomic mass is 10.1. The highest BCUT2D eigenvalue weighted by Crippen LogP contribution is 2.15. The number of carboxylic acid groups (broad SMARTS) is 1. The van der Waals surface area contributed by atoms with Crippen LogP contribution in [-0.4, -0.2) is 17.7 Å². The normalized spacial score (nSPS) is 10.1. The summed E-state index contributed by atoms with van der Waals surface area (Å²) >= 11 is 5.77. The zero-order valence-corrected chi connectivity index (χ0v) is 8.54. The molecule has 0 bridgehead atoms. The summed E-state index contributed by atoms with van der Waals surface area (Å²) in [6, 6.07) is 5.41. The Labute approximate surface area is 87.3 Å². The highest BCUT2D eigenvalue weighted by atomic mass is 35.5. The minimum Gasteiger partial charge on any atom is -0.480 e. The van der Waals surface area contributed by atoms with Gasteiger partial charge in [-0.2, -0.15) is 0 Å². The first-order valence-electron chi connectivity index (χ1n) is 4.14. The van der Waals surface area contributed by atoms with Crippen LogP contribution in [0.5, 0.6) is 0 Å². The zero-order valence-electron chi connectivity index (χ0n) is 7.79. The van der Waals surface area contributed by atoms with Gasteiger partial charge in [0.2, 0.25) is 0 Å². The molecule has 0 heterocycles. The van der Waals surface area contributed by atoms with Gasteiger partial charge in [-0.05, 0) is 30.2 Å². The number of hydrogen-bond acceptors (Lipinski definition) is 2. The third kappa shape index (κ3) is 3.36. The molecule has 14 heavy (non-hydrogen) atoms. The van der Waals surface area contributed by atoms with Crippen molar-refractivity contribution in [3.63, 3.8) is 0 Å². The molecule has 0 aliphatic rings. The van der Waals surface area contributed by atoms with Crippen LogP contribution in [0.3, 0.4) is 0 Å². The summed E-state index contributed by atoms with van der Waals surface area (Å²) in [5, 5.41) is 9.03. The van der Waals surface area contributed by atoms with Crippen LogP contribution in [0.1, 0.15) is 11.1 Å². The molecule has 0 atom stereocenters. The summed E-state index contributed by atoms with van der Waals surface area (Å²) < 4.78 is 4.96. The molecule has 0 aliphatic carbocycles. The van der Waals surface area contributed by atoms with Gasteiger partial charge in [0.15, 0.2) is 0 Å². The largest absolute Gasteiger partial charge is 0.480 e. The molecular weight excluding hydrogens is 204 g/mol. The second-order valence-electron chi connectivity index (χ2n) is 2.96. The smallest absolute Gasteiger partial charge is 0.329 e. The van der Waals surface area contributed by atoms with Gasteiger partial charge in [0.1, 0.15) is 6.61 Å². The molecule has 0 amide bonds. The molecule has 0 aliphatic heterocycles. The number of ether oxygens (including phenoxy) is 1. The van der Waals surface area contributed by atoms with Crippen molar-refractivity contribution in [2.75, 3.05) is 6.61 Å². The predicted octanol–water partition coefficient (Wildman–Crippen LogP) is 2.25. The number of hydrogen-bond donors (Lipinski definition) is 1.